The van der Waals surface area contributed by atoms with Crippen LogP contribution in [0.5, 0.6) is 0 Å². The van der Waals surface area contributed by atoms with Crippen LogP contribution in [0.4, 0.5) is 5.69 Å². The maximum atomic E-state index is 12.5. The van der Waals surface area contributed by atoms with Crippen LogP contribution in [0, 0.1) is 20.8 Å². The van der Waals surface area contributed by atoms with Gasteiger partial charge in [-0.05, 0) is 45.0 Å². The summed E-state index contributed by atoms with van der Waals surface area (Å²) >= 11 is 7.40. The van der Waals surface area contributed by atoms with E-state index >= 15 is 0 Å². The molecule has 7 nitrogen and oxygen atoms in total. The van der Waals surface area contributed by atoms with E-state index in [0.29, 0.717) is 21.7 Å². The van der Waals surface area contributed by atoms with Crippen molar-refractivity contribution in [3.8, 4) is 17.1 Å². The number of amides is 1. The molecule has 158 valence electrons. The molecule has 1 amide bonds. The van der Waals surface area contributed by atoms with Crippen LogP contribution in [0.1, 0.15) is 17.0 Å². The molecule has 9 heteroatoms. The first-order chi connectivity index (χ1) is 14.9. The average molecular weight is 453 g/mol. The Hall–Kier alpha value is -3.10. The maximum Gasteiger partial charge on any atom is 0.234 e. The van der Waals surface area contributed by atoms with E-state index in [-0.39, 0.29) is 11.7 Å². The molecule has 0 aliphatic carbocycles. The van der Waals surface area contributed by atoms with Gasteiger partial charge in [0.15, 0.2) is 11.0 Å². The Morgan fingerprint density at radius 1 is 1.06 bits per heavy atom. The first-order valence-electron chi connectivity index (χ1n) is 9.65. The number of hydrogen-bond donors (Lipinski definition) is 2. The lowest BCUT2D eigenvalue weighted by Crippen LogP contribution is -2.15. The lowest BCUT2D eigenvalue weighted by Gasteiger charge is -2.11. The summed E-state index contributed by atoms with van der Waals surface area (Å²) in [5, 5.41) is 19.9. The Morgan fingerprint density at radius 3 is 2.42 bits per heavy atom. The third-order valence-corrected chi connectivity index (χ3v) is 5.93. The van der Waals surface area contributed by atoms with Gasteiger partial charge in [0.25, 0.3) is 0 Å². The number of H-pyrrole nitrogens is 1. The van der Waals surface area contributed by atoms with Crippen LogP contribution in [0.2, 0.25) is 5.02 Å². The SMILES string of the molecule is Cc1ccc(-c2nnc(SCC(=O)Nc3c(C)n[nH]c3C)n2-c2ccc(Cl)cc2)cc1. The highest BCUT2D eigenvalue weighted by Gasteiger charge is 2.18. The van der Waals surface area contributed by atoms with E-state index < -0.39 is 0 Å². The van der Waals surface area contributed by atoms with E-state index in [0.717, 1.165) is 28.2 Å². The number of nitrogens with one attached hydrogen (secondary N) is 2. The predicted octanol–water partition coefficient (Wildman–Crippen LogP) is 4.97. The number of halogens is 1. The third kappa shape index (κ3) is 4.65. The summed E-state index contributed by atoms with van der Waals surface area (Å²) in [4.78, 5) is 12.5. The Labute approximate surface area is 189 Å². The van der Waals surface area contributed by atoms with Crippen molar-refractivity contribution in [2.45, 2.75) is 25.9 Å². The van der Waals surface area contributed by atoms with Gasteiger partial charge in [-0.15, -0.1) is 10.2 Å². The number of rotatable bonds is 6. The Kier molecular flexibility index (Phi) is 6.11. The van der Waals surface area contributed by atoms with Crippen molar-refractivity contribution in [3.05, 3.63) is 70.5 Å². The summed E-state index contributed by atoms with van der Waals surface area (Å²) in [6, 6.07) is 15.5. The molecule has 31 heavy (non-hydrogen) atoms. The normalized spacial score (nSPS) is 11.0. The minimum atomic E-state index is -0.139. The van der Waals surface area contributed by atoms with Crippen molar-refractivity contribution in [2.75, 3.05) is 11.1 Å². The minimum Gasteiger partial charge on any atom is -0.322 e. The topological polar surface area (TPSA) is 88.5 Å². The fraction of sp³-hybridized carbons (Fsp3) is 0.182. The third-order valence-electron chi connectivity index (χ3n) is 4.75. The predicted molar refractivity (Wildman–Crippen MR) is 124 cm³/mol. The second-order valence-electron chi connectivity index (χ2n) is 7.13. The van der Waals surface area contributed by atoms with Gasteiger partial charge in [0.2, 0.25) is 5.91 Å². The summed E-state index contributed by atoms with van der Waals surface area (Å²) in [5.41, 5.74) is 5.26. The van der Waals surface area contributed by atoms with Gasteiger partial charge in [0, 0.05) is 16.3 Å². The maximum absolute atomic E-state index is 12.5. The highest BCUT2D eigenvalue weighted by Crippen LogP contribution is 2.29. The quantitative estimate of drug-likeness (QED) is 0.403. The van der Waals surface area contributed by atoms with E-state index in [1.54, 1.807) is 0 Å². The zero-order valence-corrected chi connectivity index (χ0v) is 18.9. The fourth-order valence-electron chi connectivity index (χ4n) is 3.12. The van der Waals surface area contributed by atoms with Crippen molar-refractivity contribution in [1.82, 2.24) is 25.0 Å². The number of carbonyl (C=O) groups excluding carboxylic acids is 1. The molecule has 0 unspecified atom stereocenters. The second kappa shape index (κ2) is 8.95. The number of anilines is 1. The number of benzene rings is 2. The monoisotopic (exact) mass is 452 g/mol. The highest BCUT2D eigenvalue weighted by molar-refractivity contribution is 7.99. The molecule has 0 atom stereocenters. The molecule has 4 aromatic rings. The zero-order valence-electron chi connectivity index (χ0n) is 17.3. The molecule has 2 N–H and O–H groups in total. The lowest BCUT2D eigenvalue weighted by atomic mass is 10.1. The molecular weight excluding hydrogens is 432 g/mol. The van der Waals surface area contributed by atoms with Gasteiger partial charge in [-0.1, -0.05) is 53.2 Å². The molecule has 2 heterocycles. The molecule has 0 radical (unpaired) electrons. The molecule has 2 aromatic heterocycles. The van der Waals surface area contributed by atoms with Gasteiger partial charge in [-0.2, -0.15) is 5.10 Å². The molecule has 0 saturated carbocycles. The van der Waals surface area contributed by atoms with Crippen molar-refractivity contribution in [1.29, 1.82) is 0 Å². The van der Waals surface area contributed by atoms with Gasteiger partial charge in [0.1, 0.15) is 0 Å². The molecule has 2 aromatic carbocycles. The van der Waals surface area contributed by atoms with E-state index in [9.17, 15) is 4.79 Å². The second-order valence-corrected chi connectivity index (χ2v) is 8.51. The van der Waals surface area contributed by atoms with E-state index in [4.69, 9.17) is 11.6 Å². The number of aryl methyl sites for hydroxylation is 3. The number of hydrogen-bond acceptors (Lipinski definition) is 5. The van der Waals surface area contributed by atoms with Crippen LogP contribution in [-0.2, 0) is 4.79 Å². The first-order valence-corrected chi connectivity index (χ1v) is 11.0. The van der Waals surface area contributed by atoms with Gasteiger partial charge < -0.3 is 5.32 Å². The Morgan fingerprint density at radius 2 is 1.77 bits per heavy atom. The van der Waals surface area contributed by atoms with E-state index in [1.807, 2.05) is 73.9 Å². The van der Waals surface area contributed by atoms with Crippen molar-refractivity contribution < 1.29 is 4.79 Å². The largest absolute Gasteiger partial charge is 0.322 e. The molecule has 0 bridgehead atoms. The molecule has 0 spiro atoms. The van der Waals surface area contributed by atoms with Crippen LogP contribution in [0.15, 0.2) is 53.7 Å². The highest BCUT2D eigenvalue weighted by atomic mass is 35.5. The van der Waals surface area contributed by atoms with Crippen LogP contribution >= 0.6 is 23.4 Å². The van der Waals surface area contributed by atoms with Gasteiger partial charge >= 0.3 is 0 Å². The summed E-state index contributed by atoms with van der Waals surface area (Å²) in [6.07, 6.45) is 0. The Bertz CT molecular complexity index is 1190. The molecule has 0 aliphatic rings. The van der Waals surface area contributed by atoms with Gasteiger partial charge in [-0.25, -0.2) is 0 Å². The lowest BCUT2D eigenvalue weighted by molar-refractivity contribution is -0.113. The number of thioether (sulfide) groups is 1. The van der Waals surface area contributed by atoms with Crippen molar-refractivity contribution in [2.24, 2.45) is 0 Å². The minimum absolute atomic E-state index is 0.139. The molecule has 0 fully saturated rings. The summed E-state index contributed by atoms with van der Waals surface area (Å²) in [6.45, 7) is 5.75. The zero-order chi connectivity index (χ0) is 22.0. The van der Waals surface area contributed by atoms with Crippen molar-refractivity contribution in [3.63, 3.8) is 0 Å². The number of aromatic amines is 1. The van der Waals surface area contributed by atoms with Crippen molar-refractivity contribution >= 4 is 35.0 Å². The van der Waals surface area contributed by atoms with Gasteiger partial charge in [0.05, 0.1) is 22.8 Å². The summed E-state index contributed by atoms with van der Waals surface area (Å²) in [5.74, 6) is 0.746. The van der Waals surface area contributed by atoms with Crippen LogP contribution in [-0.4, -0.2) is 36.6 Å². The van der Waals surface area contributed by atoms with E-state index in [1.165, 1.54) is 11.8 Å². The van der Waals surface area contributed by atoms with Crippen LogP contribution in [0.3, 0.4) is 0 Å². The molecular formula is C22H21ClN6OS. The first kappa shape index (κ1) is 21.1. The smallest absolute Gasteiger partial charge is 0.234 e. The Balaban J connectivity index is 1.62. The van der Waals surface area contributed by atoms with Gasteiger partial charge in [-0.3, -0.25) is 14.5 Å². The number of nitrogens with zero attached hydrogens (tertiary/aromatic N) is 4. The van der Waals surface area contributed by atoms with Crippen LogP contribution < -0.4 is 5.32 Å². The molecule has 0 aliphatic heterocycles. The standard InChI is InChI=1S/C22H21ClN6OS/c1-13-4-6-16(7-5-13)21-27-28-22(29(21)18-10-8-17(23)9-11-18)31-12-19(30)24-20-14(2)25-26-15(20)3/h4-11H,12H2,1-3H3,(H,24,30)(H,25,26). The average Bonchev–Trinajstić information content (AvgIpc) is 3.32. The van der Waals surface area contributed by atoms with Crippen LogP contribution in [0.25, 0.3) is 17.1 Å². The van der Waals surface area contributed by atoms with E-state index in [2.05, 4.69) is 25.7 Å². The number of carbonyl (C=O) groups is 1. The molecule has 0 saturated heterocycles. The number of aromatic nitrogens is 5. The fourth-order valence-corrected chi connectivity index (χ4v) is 3.99. The summed E-state index contributed by atoms with van der Waals surface area (Å²) in [7, 11) is 0. The summed E-state index contributed by atoms with van der Waals surface area (Å²) < 4.78 is 1.94. The molecule has 4 rings (SSSR count).